The average Bonchev–Trinajstić information content (AvgIpc) is 2.69. The maximum atomic E-state index is 3.47. The molecule has 0 aromatic carbocycles. The Bertz CT molecular complexity index is 206. The third kappa shape index (κ3) is 5.40. The van der Waals surface area contributed by atoms with Crippen molar-refractivity contribution in [2.24, 2.45) is 0 Å². The van der Waals surface area contributed by atoms with Gasteiger partial charge in [-0.2, -0.15) is 11.3 Å². The van der Waals surface area contributed by atoms with Crippen LogP contribution >= 0.6 is 11.3 Å². The van der Waals surface area contributed by atoms with Crippen LogP contribution in [0.1, 0.15) is 44.6 Å². The normalized spacial score (nSPS) is 10.6. The van der Waals surface area contributed by atoms with E-state index in [1.54, 1.807) is 11.3 Å². The van der Waals surface area contributed by atoms with Gasteiger partial charge >= 0.3 is 0 Å². The first-order chi connectivity index (χ1) is 6.93. The van der Waals surface area contributed by atoms with Crippen LogP contribution in [0.3, 0.4) is 0 Å². The lowest BCUT2D eigenvalue weighted by molar-refractivity contribution is 0.584. The molecule has 1 rings (SSSR count). The molecule has 0 saturated heterocycles. The first kappa shape index (κ1) is 11.7. The molecule has 0 aliphatic rings. The zero-order valence-corrected chi connectivity index (χ0v) is 9.91. The average molecular weight is 211 g/mol. The van der Waals surface area contributed by atoms with Crippen LogP contribution in [0.5, 0.6) is 0 Å². The molecule has 0 aliphatic carbocycles. The van der Waals surface area contributed by atoms with Crippen molar-refractivity contribution in [1.29, 1.82) is 0 Å². The topological polar surface area (TPSA) is 12.0 Å². The molecule has 2 heteroatoms. The van der Waals surface area contributed by atoms with Crippen molar-refractivity contribution in [3.05, 3.63) is 22.4 Å². The van der Waals surface area contributed by atoms with E-state index in [0.717, 1.165) is 6.54 Å². The van der Waals surface area contributed by atoms with Crippen LogP contribution in [-0.2, 0) is 6.54 Å². The molecule has 1 aromatic rings. The molecule has 1 aromatic heterocycles. The Hall–Kier alpha value is -0.340. The molecule has 0 bridgehead atoms. The van der Waals surface area contributed by atoms with Gasteiger partial charge in [0.15, 0.2) is 0 Å². The lowest BCUT2D eigenvalue weighted by atomic mass is 10.1. The summed E-state index contributed by atoms with van der Waals surface area (Å²) in [5.74, 6) is 0. The van der Waals surface area contributed by atoms with E-state index in [1.165, 1.54) is 44.2 Å². The fourth-order valence-electron chi connectivity index (χ4n) is 1.48. The van der Waals surface area contributed by atoms with Gasteiger partial charge in [0.1, 0.15) is 0 Å². The van der Waals surface area contributed by atoms with E-state index < -0.39 is 0 Å². The van der Waals surface area contributed by atoms with Crippen LogP contribution in [-0.4, -0.2) is 6.54 Å². The summed E-state index contributed by atoms with van der Waals surface area (Å²) in [6.07, 6.45) is 6.83. The number of hydrogen-bond acceptors (Lipinski definition) is 2. The largest absolute Gasteiger partial charge is 0.313 e. The van der Waals surface area contributed by atoms with Crippen LogP contribution in [0.4, 0.5) is 0 Å². The minimum absolute atomic E-state index is 1.04. The molecular formula is C12H21NS. The Labute approximate surface area is 91.5 Å². The van der Waals surface area contributed by atoms with E-state index in [0.29, 0.717) is 0 Å². The highest BCUT2D eigenvalue weighted by atomic mass is 32.1. The van der Waals surface area contributed by atoms with Gasteiger partial charge in [-0.25, -0.2) is 0 Å². The van der Waals surface area contributed by atoms with Gasteiger partial charge in [0.25, 0.3) is 0 Å². The van der Waals surface area contributed by atoms with Gasteiger partial charge in [0.05, 0.1) is 0 Å². The molecule has 0 fully saturated rings. The lowest BCUT2D eigenvalue weighted by Gasteiger charge is -2.02. The molecule has 1 N–H and O–H groups in total. The number of thiophene rings is 1. The zero-order chi connectivity index (χ0) is 10.1. The van der Waals surface area contributed by atoms with E-state index in [9.17, 15) is 0 Å². The molecule has 0 spiro atoms. The van der Waals surface area contributed by atoms with Crippen LogP contribution < -0.4 is 5.32 Å². The van der Waals surface area contributed by atoms with Gasteiger partial charge in [-0.3, -0.25) is 0 Å². The molecule has 0 amide bonds. The van der Waals surface area contributed by atoms with Gasteiger partial charge in [-0.15, -0.1) is 0 Å². The fourth-order valence-corrected chi connectivity index (χ4v) is 2.15. The second-order valence-corrected chi connectivity index (χ2v) is 4.50. The quantitative estimate of drug-likeness (QED) is 0.645. The van der Waals surface area contributed by atoms with Crippen LogP contribution in [0.15, 0.2) is 16.8 Å². The SMILES string of the molecule is CCCCCCCNCc1ccsc1. The van der Waals surface area contributed by atoms with E-state index in [1.807, 2.05) is 0 Å². The number of hydrogen-bond donors (Lipinski definition) is 1. The van der Waals surface area contributed by atoms with Crippen LogP contribution in [0, 0.1) is 0 Å². The Morgan fingerprint density at radius 2 is 2.07 bits per heavy atom. The van der Waals surface area contributed by atoms with Crippen molar-refractivity contribution in [2.45, 2.75) is 45.6 Å². The standard InChI is InChI=1S/C12H21NS/c1-2-3-4-5-6-8-13-10-12-7-9-14-11-12/h7,9,11,13H,2-6,8,10H2,1H3. The van der Waals surface area contributed by atoms with Crippen molar-refractivity contribution in [1.82, 2.24) is 5.32 Å². The van der Waals surface area contributed by atoms with Crippen molar-refractivity contribution < 1.29 is 0 Å². The molecule has 0 atom stereocenters. The highest BCUT2D eigenvalue weighted by Gasteiger charge is 1.92. The summed E-state index contributed by atoms with van der Waals surface area (Å²) >= 11 is 1.77. The van der Waals surface area contributed by atoms with Crippen molar-refractivity contribution >= 4 is 11.3 Å². The van der Waals surface area contributed by atoms with Gasteiger partial charge in [0.2, 0.25) is 0 Å². The third-order valence-electron chi connectivity index (χ3n) is 2.37. The maximum Gasteiger partial charge on any atom is 0.0213 e. The molecule has 80 valence electrons. The molecule has 0 unspecified atom stereocenters. The first-order valence-electron chi connectivity index (χ1n) is 5.65. The highest BCUT2D eigenvalue weighted by Crippen LogP contribution is 2.05. The summed E-state index contributed by atoms with van der Waals surface area (Å²) in [4.78, 5) is 0. The fraction of sp³-hybridized carbons (Fsp3) is 0.667. The van der Waals surface area contributed by atoms with Gasteiger partial charge in [-0.05, 0) is 35.4 Å². The van der Waals surface area contributed by atoms with Gasteiger partial charge in [-0.1, -0.05) is 32.6 Å². The third-order valence-corrected chi connectivity index (χ3v) is 3.10. The summed E-state index contributed by atoms with van der Waals surface area (Å²) in [6.45, 7) is 4.46. The Morgan fingerprint density at radius 3 is 2.79 bits per heavy atom. The number of rotatable bonds is 8. The Balaban J connectivity index is 1.85. The van der Waals surface area contributed by atoms with Crippen LogP contribution in [0.25, 0.3) is 0 Å². The predicted molar refractivity (Wildman–Crippen MR) is 64.8 cm³/mol. The van der Waals surface area contributed by atoms with Crippen LogP contribution in [0.2, 0.25) is 0 Å². The number of nitrogens with one attached hydrogen (secondary N) is 1. The predicted octanol–water partition coefficient (Wildman–Crippen LogP) is 3.81. The maximum absolute atomic E-state index is 3.47. The molecular weight excluding hydrogens is 190 g/mol. The van der Waals surface area contributed by atoms with E-state index in [4.69, 9.17) is 0 Å². The van der Waals surface area contributed by atoms with Crippen molar-refractivity contribution in [3.8, 4) is 0 Å². The van der Waals surface area contributed by atoms with E-state index >= 15 is 0 Å². The lowest BCUT2D eigenvalue weighted by Crippen LogP contribution is -2.13. The second kappa shape index (κ2) is 8.01. The summed E-state index contributed by atoms with van der Waals surface area (Å²) < 4.78 is 0. The smallest absolute Gasteiger partial charge is 0.0213 e. The summed E-state index contributed by atoms with van der Waals surface area (Å²) in [7, 11) is 0. The summed E-state index contributed by atoms with van der Waals surface area (Å²) in [6, 6.07) is 2.19. The van der Waals surface area contributed by atoms with Gasteiger partial charge < -0.3 is 5.32 Å². The zero-order valence-electron chi connectivity index (χ0n) is 9.09. The summed E-state index contributed by atoms with van der Waals surface area (Å²) in [5.41, 5.74) is 1.42. The second-order valence-electron chi connectivity index (χ2n) is 3.72. The Morgan fingerprint density at radius 1 is 1.21 bits per heavy atom. The monoisotopic (exact) mass is 211 g/mol. The first-order valence-corrected chi connectivity index (χ1v) is 6.59. The van der Waals surface area contributed by atoms with E-state index in [-0.39, 0.29) is 0 Å². The van der Waals surface area contributed by atoms with Gasteiger partial charge in [0, 0.05) is 6.54 Å². The minimum atomic E-state index is 1.04. The number of unbranched alkanes of at least 4 members (excludes halogenated alkanes) is 4. The van der Waals surface area contributed by atoms with Crippen molar-refractivity contribution in [2.75, 3.05) is 6.54 Å². The van der Waals surface area contributed by atoms with E-state index in [2.05, 4.69) is 29.1 Å². The molecule has 0 saturated carbocycles. The highest BCUT2D eigenvalue weighted by molar-refractivity contribution is 7.07. The van der Waals surface area contributed by atoms with Crippen molar-refractivity contribution in [3.63, 3.8) is 0 Å². The molecule has 1 heterocycles. The molecule has 0 aliphatic heterocycles. The molecule has 0 radical (unpaired) electrons. The minimum Gasteiger partial charge on any atom is -0.313 e. The molecule has 14 heavy (non-hydrogen) atoms. The molecule has 1 nitrogen and oxygen atoms in total. The Kier molecular flexibility index (Phi) is 6.71. The summed E-state index contributed by atoms with van der Waals surface area (Å²) in [5, 5.41) is 7.82.